The van der Waals surface area contributed by atoms with Gasteiger partial charge in [-0.2, -0.15) is 0 Å². The normalized spacial score (nSPS) is 40.9. The van der Waals surface area contributed by atoms with Crippen LogP contribution in [0.4, 0.5) is 4.39 Å². The van der Waals surface area contributed by atoms with E-state index in [0.29, 0.717) is 0 Å². The number of azide groups is 1. The maximum Gasteiger partial charge on any atom is 0.170 e. The van der Waals surface area contributed by atoms with E-state index in [1.165, 1.54) is 0 Å². The molecule has 0 spiro atoms. The summed E-state index contributed by atoms with van der Waals surface area (Å²) in [7, 11) is 0. The van der Waals surface area contributed by atoms with E-state index in [9.17, 15) is 4.39 Å². The van der Waals surface area contributed by atoms with Crippen LogP contribution >= 0.6 is 0 Å². The molecule has 0 aromatic rings. The minimum Gasteiger partial charge on any atom is -0.394 e. The Bertz CT molecular complexity index is 208. The highest BCUT2D eigenvalue weighted by atomic mass is 19.1. The highest BCUT2D eigenvalue weighted by molar-refractivity contribution is 4.89. The molecule has 68 valence electrons. The number of hydrogen-bond donors (Lipinski definition) is 2. The van der Waals surface area contributed by atoms with Crippen LogP contribution in [0.25, 0.3) is 10.4 Å². The van der Waals surface area contributed by atoms with Gasteiger partial charge in [-0.25, -0.2) is 4.39 Å². The third-order valence-corrected chi connectivity index (χ3v) is 1.64. The minimum absolute atomic E-state index is 0.501. The fourth-order valence-corrected chi connectivity index (χ4v) is 1.00. The zero-order chi connectivity index (χ0) is 9.14. The first-order valence-electron chi connectivity index (χ1n) is 3.33. The van der Waals surface area contributed by atoms with Gasteiger partial charge in [0.05, 0.1) is 6.61 Å². The number of hydrogen-bond acceptors (Lipinski definition) is 4. The number of aliphatic hydroxyl groups excluding tert-OH is 2. The second-order valence-corrected chi connectivity index (χ2v) is 2.39. The average Bonchev–Trinajstić information content (AvgIpc) is 2.33. The molecule has 1 aliphatic heterocycles. The zero-order valence-corrected chi connectivity index (χ0v) is 6.04. The Morgan fingerprint density at radius 1 is 1.67 bits per heavy atom. The van der Waals surface area contributed by atoms with Gasteiger partial charge in [-0.15, -0.1) is 0 Å². The summed E-state index contributed by atoms with van der Waals surface area (Å²) in [4.78, 5) is 2.34. The predicted molar refractivity (Wildman–Crippen MR) is 35.8 cm³/mol. The van der Waals surface area contributed by atoms with Gasteiger partial charge in [0.2, 0.25) is 0 Å². The van der Waals surface area contributed by atoms with E-state index in [0.717, 1.165) is 0 Å². The molecule has 0 aromatic heterocycles. The largest absolute Gasteiger partial charge is 0.394 e. The topological polar surface area (TPSA) is 98.5 Å². The van der Waals surface area contributed by atoms with Crippen LogP contribution in [0.3, 0.4) is 0 Å². The molecule has 1 aliphatic rings. The molecule has 0 aliphatic carbocycles. The van der Waals surface area contributed by atoms with Gasteiger partial charge in [0, 0.05) is 4.91 Å². The summed E-state index contributed by atoms with van der Waals surface area (Å²) in [5.74, 6) is 0. The Labute approximate surface area is 67.2 Å². The quantitative estimate of drug-likeness (QED) is 0.344. The van der Waals surface area contributed by atoms with Crippen LogP contribution in [0.15, 0.2) is 5.11 Å². The summed E-state index contributed by atoms with van der Waals surface area (Å²) in [5.41, 5.74) is 7.96. The first kappa shape index (κ1) is 9.21. The van der Waals surface area contributed by atoms with Gasteiger partial charge in [-0.3, -0.25) is 0 Å². The van der Waals surface area contributed by atoms with Crippen molar-refractivity contribution in [1.82, 2.24) is 0 Å². The number of alkyl halides is 1. The van der Waals surface area contributed by atoms with Crippen LogP contribution in [-0.4, -0.2) is 41.4 Å². The number of ether oxygens (including phenoxy) is 1. The summed E-state index contributed by atoms with van der Waals surface area (Å²) in [6.07, 6.45) is -5.53. The third kappa shape index (κ3) is 1.49. The smallest absolute Gasteiger partial charge is 0.170 e. The Morgan fingerprint density at radius 2 is 2.33 bits per heavy atom. The lowest BCUT2D eigenvalue weighted by Gasteiger charge is -2.08. The van der Waals surface area contributed by atoms with Crippen molar-refractivity contribution in [2.24, 2.45) is 5.11 Å². The Kier molecular flexibility index (Phi) is 2.83. The molecular weight excluding hydrogens is 169 g/mol. The van der Waals surface area contributed by atoms with Crippen LogP contribution in [0.1, 0.15) is 0 Å². The fourth-order valence-electron chi connectivity index (χ4n) is 1.00. The van der Waals surface area contributed by atoms with E-state index in [4.69, 9.17) is 15.7 Å². The summed E-state index contributed by atoms with van der Waals surface area (Å²) in [5, 5.41) is 20.5. The first-order chi connectivity index (χ1) is 5.70. The molecule has 0 bridgehead atoms. The molecular formula is C5H8FN3O3. The third-order valence-electron chi connectivity index (χ3n) is 1.64. The molecule has 1 rings (SSSR count). The van der Waals surface area contributed by atoms with Gasteiger partial charge in [-0.05, 0) is 5.53 Å². The molecule has 6 nitrogen and oxygen atoms in total. The van der Waals surface area contributed by atoms with Crippen LogP contribution in [0, 0.1) is 0 Å². The zero-order valence-electron chi connectivity index (χ0n) is 6.04. The molecule has 2 N–H and O–H groups in total. The highest BCUT2D eigenvalue weighted by Gasteiger charge is 2.43. The van der Waals surface area contributed by atoms with Gasteiger partial charge in [0.15, 0.2) is 12.4 Å². The fraction of sp³-hybridized carbons (Fsp3) is 1.00. The van der Waals surface area contributed by atoms with Gasteiger partial charge in [-0.1, -0.05) is 5.11 Å². The van der Waals surface area contributed by atoms with Gasteiger partial charge in [0.25, 0.3) is 0 Å². The maximum absolute atomic E-state index is 12.9. The molecule has 0 amide bonds. The highest BCUT2D eigenvalue weighted by Crippen LogP contribution is 2.24. The summed E-state index contributed by atoms with van der Waals surface area (Å²) in [6.45, 7) is -0.501. The first-order valence-corrected chi connectivity index (χ1v) is 3.33. The van der Waals surface area contributed by atoms with E-state index in [2.05, 4.69) is 14.8 Å². The summed E-state index contributed by atoms with van der Waals surface area (Å²) in [6, 6.07) is 0. The van der Waals surface area contributed by atoms with Crippen LogP contribution in [0.2, 0.25) is 0 Å². The molecule has 1 fully saturated rings. The molecule has 0 radical (unpaired) electrons. The second kappa shape index (κ2) is 3.68. The van der Waals surface area contributed by atoms with E-state index in [1.54, 1.807) is 0 Å². The SMILES string of the molecule is [N-]=[N+]=NC1O[C@H](CO)[C@@H](O)[C@@H]1F. The Balaban J connectivity index is 2.66. The number of nitrogens with zero attached hydrogens (tertiary/aromatic N) is 3. The molecule has 1 saturated heterocycles. The van der Waals surface area contributed by atoms with Gasteiger partial charge < -0.3 is 14.9 Å². The van der Waals surface area contributed by atoms with Gasteiger partial charge in [0.1, 0.15) is 12.2 Å². The number of rotatable bonds is 2. The predicted octanol–water partition coefficient (Wildman–Crippen LogP) is -0.287. The monoisotopic (exact) mass is 177 g/mol. The van der Waals surface area contributed by atoms with Gasteiger partial charge >= 0.3 is 0 Å². The summed E-state index contributed by atoms with van der Waals surface area (Å²) < 4.78 is 17.5. The van der Waals surface area contributed by atoms with E-state index < -0.39 is 31.2 Å². The van der Waals surface area contributed by atoms with Crippen molar-refractivity contribution in [2.45, 2.75) is 24.6 Å². The number of halogens is 1. The Hall–Kier alpha value is -0.880. The van der Waals surface area contributed by atoms with Crippen molar-refractivity contribution in [3.8, 4) is 0 Å². The lowest BCUT2D eigenvalue weighted by molar-refractivity contribution is -0.0198. The van der Waals surface area contributed by atoms with Crippen molar-refractivity contribution < 1.29 is 19.3 Å². The minimum atomic E-state index is -1.77. The second-order valence-electron chi connectivity index (χ2n) is 2.39. The lowest BCUT2D eigenvalue weighted by atomic mass is 10.1. The van der Waals surface area contributed by atoms with Crippen LogP contribution in [0.5, 0.6) is 0 Å². The van der Waals surface area contributed by atoms with E-state index >= 15 is 0 Å². The lowest BCUT2D eigenvalue weighted by Crippen LogP contribution is -2.30. The van der Waals surface area contributed by atoms with E-state index in [-0.39, 0.29) is 0 Å². The molecule has 4 atom stereocenters. The van der Waals surface area contributed by atoms with Crippen molar-refractivity contribution in [3.05, 3.63) is 10.4 Å². The molecule has 0 aromatic carbocycles. The molecule has 0 saturated carbocycles. The van der Waals surface area contributed by atoms with Crippen LogP contribution in [-0.2, 0) is 4.74 Å². The number of aliphatic hydroxyl groups is 2. The van der Waals surface area contributed by atoms with Crippen molar-refractivity contribution in [3.63, 3.8) is 0 Å². The maximum atomic E-state index is 12.9. The van der Waals surface area contributed by atoms with Crippen LogP contribution < -0.4 is 0 Å². The average molecular weight is 177 g/mol. The summed E-state index contributed by atoms with van der Waals surface area (Å²) >= 11 is 0. The van der Waals surface area contributed by atoms with Crippen molar-refractivity contribution in [2.75, 3.05) is 6.61 Å². The molecule has 1 unspecified atom stereocenters. The Morgan fingerprint density at radius 3 is 2.75 bits per heavy atom. The van der Waals surface area contributed by atoms with Crippen molar-refractivity contribution in [1.29, 1.82) is 0 Å². The van der Waals surface area contributed by atoms with E-state index in [1.807, 2.05) is 0 Å². The van der Waals surface area contributed by atoms with Crippen molar-refractivity contribution >= 4 is 0 Å². The molecule has 12 heavy (non-hydrogen) atoms. The standard InChI is InChI=1S/C5H8FN3O3/c6-3-4(11)2(1-10)12-5(3)8-9-7/h2-5,10-11H,1H2/t2-,3+,4-,5?/m1/s1. The molecule has 1 heterocycles. The molecule has 7 heteroatoms.